The molecule has 0 radical (unpaired) electrons. The van der Waals surface area contributed by atoms with Crippen molar-refractivity contribution in [1.82, 2.24) is 0 Å². The van der Waals surface area contributed by atoms with Crippen molar-refractivity contribution >= 4 is 48.8 Å². The predicted octanol–water partition coefficient (Wildman–Crippen LogP) is 7.21. The van der Waals surface area contributed by atoms with Gasteiger partial charge in [-0.2, -0.15) is 0 Å². The van der Waals surface area contributed by atoms with E-state index in [0.29, 0.717) is 0 Å². The van der Waals surface area contributed by atoms with E-state index >= 15 is 0 Å². The quantitative estimate of drug-likeness (QED) is 0.188. The molecule has 5 aromatic carbocycles. The number of hydrogen-bond donors (Lipinski definition) is 1. The molecule has 4 heteroatoms. The van der Waals surface area contributed by atoms with Crippen molar-refractivity contribution in [3.8, 4) is 0 Å². The van der Waals surface area contributed by atoms with E-state index in [1.54, 1.807) is 0 Å². The molecule has 1 saturated heterocycles. The first-order valence-electron chi connectivity index (χ1n) is 11.3. The fraction of sp³-hybridized carbons (Fsp3) is 0.286. The standard InChI is InChI=1S/C28H27NO3/c1-16(2)26-30-27(28(3,4)32-31-26)29-23-15-14-21-19-11-6-9-17-8-5-10-18(24(17)19)20-12-7-13-22(23)25(20)21/h5-16,26-27,29H,1-4H3. The first-order chi connectivity index (χ1) is 15.4. The van der Waals surface area contributed by atoms with Crippen molar-refractivity contribution in [1.29, 1.82) is 0 Å². The summed E-state index contributed by atoms with van der Waals surface area (Å²) in [6, 6.07) is 24.1. The molecule has 1 fully saturated rings. The topological polar surface area (TPSA) is 39.7 Å². The molecule has 162 valence electrons. The van der Waals surface area contributed by atoms with Gasteiger partial charge in [0, 0.05) is 17.0 Å². The van der Waals surface area contributed by atoms with Crippen molar-refractivity contribution in [3.05, 3.63) is 66.7 Å². The number of anilines is 1. The second kappa shape index (κ2) is 7.04. The number of benzene rings is 5. The summed E-state index contributed by atoms with van der Waals surface area (Å²) >= 11 is 0. The Kier molecular flexibility index (Phi) is 4.34. The Labute approximate surface area is 187 Å². The third-order valence-corrected chi connectivity index (χ3v) is 6.62. The van der Waals surface area contributed by atoms with Gasteiger partial charge in [-0.1, -0.05) is 74.5 Å². The zero-order valence-electron chi connectivity index (χ0n) is 18.8. The molecular formula is C28H27NO3. The number of fused-ring (bicyclic) bond motifs is 2. The zero-order valence-corrected chi connectivity index (χ0v) is 18.8. The molecule has 32 heavy (non-hydrogen) atoms. The third-order valence-electron chi connectivity index (χ3n) is 6.62. The Morgan fingerprint density at radius 1 is 0.750 bits per heavy atom. The van der Waals surface area contributed by atoms with Gasteiger partial charge in [-0.15, -0.1) is 0 Å². The molecule has 5 aromatic rings. The van der Waals surface area contributed by atoms with Gasteiger partial charge in [0.25, 0.3) is 0 Å². The van der Waals surface area contributed by atoms with E-state index in [1.807, 2.05) is 13.8 Å². The van der Waals surface area contributed by atoms with Gasteiger partial charge in [0.1, 0.15) is 5.60 Å². The minimum atomic E-state index is -0.636. The summed E-state index contributed by atoms with van der Waals surface area (Å²) in [6.07, 6.45) is -0.759. The molecule has 4 nitrogen and oxygen atoms in total. The lowest BCUT2D eigenvalue weighted by atomic mass is 9.89. The molecule has 0 saturated carbocycles. The fourth-order valence-electron chi connectivity index (χ4n) is 4.92. The SMILES string of the molecule is CC(C)C1OOC(C)(C)C(Nc2ccc3c4cccc5cccc(c6cccc2c63)c54)O1. The van der Waals surface area contributed by atoms with Crippen LogP contribution in [0.25, 0.3) is 43.1 Å². The first kappa shape index (κ1) is 19.7. The Hall–Kier alpha value is -2.92. The summed E-state index contributed by atoms with van der Waals surface area (Å²) in [6.45, 7) is 8.07. The summed E-state index contributed by atoms with van der Waals surface area (Å²) in [5.74, 6) is 0.184. The first-order valence-corrected chi connectivity index (χ1v) is 11.3. The number of nitrogens with one attached hydrogen (secondary N) is 1. The summed E-state index contributed by atoms with van der Waals surface area (Å²) in [5.41, 5.74) is 0.395. The molecule has 2 unspecified atom stereocenters. The van der Waals surface area contributed by atoms with Gasteiger partial charge >= 0.3 is 0 Å². The van der Waals surface area contributed by atoms with Crippen molar-refractivity contribution in [2.24, 2.45) is 5.92 Å². The molecule has 2 atom stereocenters. The summed E-state index contributed by atoms with van der Waals surface area (Å²) in [5, 5.41) is 13.8. The second-order valence-corrected chi connectivity index (χ2v) is 9.65. The van der Waals surface area contributed by atoms with Gasteiger partial charge < -0.3 is 10.1 Å². The maximum Gasteiger partial charge on any atom is 0.196 e. The number of ether oxygens (including phenoxy) is 1. The van der Waals surface area contributed by atoms with Crippen LogP contribution in [0.3, 0.4) is 0 Å². The normalized spacial score (nSPS) is 21.3. The maximum absolute atomic E-state index is 6.26. The van der Waals surface area contributed by atoms with Crippen LogP contribution in [0.4, 0.5) is 5.69 Å². The van der Waals surface area contributed by atoms with Crippen LogP contribution < -0.4 is 5.32 Å². The zero-order chi connectivity index (χ0) is 22.0. The highest BCUT2D eigenvalue weighted by atomic mass is 17.2. The molecule has 0 aromatic heterocycles. The molecule has 0 spiro atoms. The number of rotatable bonds is 3. The van der Waals surface area contributed by atoms with E-state index in [0.717, 1.165) is 5.69 Å². The molecule has 0 bridgehead atoms. The summed E-state index contributed by atoms with van der Waals surface area (Å²) in [4.78, 5) is 11.2. The van der Waals surface area contributed by atoms with Gasteiger partial charge in [0.15, 0.2) is 12.5 Å². The molecule has 1 aliphatic rings. The summed E-state index contributed by atoms with van der Waals surface area (Å²) in [7, 11) is 0. The highest BCUT2D eigenvalue weighted by molar-refractivity contribution is 6.33. The van der Waals surface area contributed by atoms with Crippen LogP contribution in [0.5, 0.6) is 0 Å². The van der Waals surface area contributed by atoms with Gasteiger partial charge in [-0.05, 0) is 57.6 Å². The lowest BCUT2D eigenvalue weighted by Gasteiger charge is -2.42. The molecule has 1 heterocycles. The van der Waals surface area contributed by atoms with E-state index in [9.17, 15) is 0 Å². The predicted molar refractivity (Wildman–Crippen MR) is 131 cm³/mol. The van der Waals surface area contributed by atoms with E-state index in [1.165, 1.54) is 43.1 Å². The monoisotopic (exact) mass is 425 g/mol. The van der Waals surface area contributed by atoms with Gasteiger partial charge in [-0.25, -0.2) is 9.78 Å². The molecule has 6 rings (SSSR count). The largest absolute Gasteiger partial charge is 0.357 e. The molecule has 0 amide bonds. The summed E-state index contributed by atoms with van der Waals surface area (Å²) < 4.78 is 6.26. The van der Waals surface area contributed by atoms with Crippen LogP contribution in [0.2, 0.25) is 0 Å². The molecule has 1 aliphatic heterocycles. The van der Waals surface area contributed by atoms with Gasteiger partial charge in [0.05, 0.1) is 0 Å². The van der Waals surface area contributed by atoms with Gasteiger partial charge in [0.2, 0.25) is 0 Å². The molecule has 0 aliphatic carbocycles. The molecule has 1 N–H and O–H groups in total. The van der Waals surface area contributed by atoms with Crippen molar-refractivity contribution in [2.75, 3.05) is 5.32 Å². The van der Waals surface area contributed by atoms with Crippen LogP contribution in [0.1, 0.15) is 27.7 Å². The lowest BCUT2D eigenvalue weighted by molar-refractivity contribution is -0.485. The van der Waals surface area contributed by atoms with Crippen LogP contribution >= 0.6 is 0 Å². The average molecular weight is 426 g/mol. The third kappa shape index (κ3) is 2.87. The Bertz CT molecular complexity index is 1410. The highest BCUT2D eigenvalue weighted by Gasteiger charge is 2.41. The maximum atomic E-state index is 6.26. The number of hydrogen-bond acceptors (Lipinski definition) is 4. The lowest BCUT2D eigenvalue weighted by Crippen LogP contribution is -2.54. The second-order valence-electron chi connectivity index (χ2n) is 9.65. The van der Waals surface area contributed by atoms with Crippen LogP contribution in [-0.2, 0) is 14.5 Å². The Morgan fingerprint density at radius 3 is 2.03 bits per heavy atom. The van der Waals surface area contributed by atoms with E-state index in [-0.39, 0.29) is 12.1 Å². The van der Waals surface area contributed by atoms with Crippen LogP contribution in [-0.4, -0.2) is 18.1 Å². The smallest absolute Gasteiger partial charge is 0.196 e. The van der Waals surface area contributed by atoms with Crippen LogP contribution in [0.15, 0.2) is 66.7 Å². The molecular weight excluding hydrogens is 398 g/mol. The van der Waals surface area contributed by atoms with E-state index in [2.05, 4.69) is 85.9 Å². The minimum Gasteiger partial charge on any atom is -0.357 e. The van der Waals surface area contributed by atoms with Gasteiger partial charge in [-0.3, -0.25) is 0 Å². The Morgan fingerprint density at radius 2 is 1.34 bits per heavy atom. The van der Waals surface area contributed by atoms with Crippen molar-refractivity contribution in [3.63, 3.8) is 0 Å². The van der Waals surface area contributed by atoms with E-state index in [4.69, 9.17) is 14.5 Å². The van der Waals surface area contributed by atoms with Crippen molar-refractivity contribution in [2.45, 2.75) is 45.8 Å². The average Bonchev–Trinajstić information content (AvgIpc) is 2.79. The Balaban J connectivity index is 1.56. The minimum absolute atomic E-state index is 0.184. The van der Waals surface area contributed by atoms with E-state index < -0.39 is 11.9 Å². The highest BCUT2D eigenvalue weighted by Crippen LogP contribution is 2.42. The van der Waals surface area contributed by atoms with Crippen LogP contribution in [0, 0.1) is 5.92 Å². The van der Waals surface area contributed by atoms with Crippen molar-refractivity contribution < 1.29 is 14.5 Å². The fourth-order valence-corrected chi connectivity index (χ4v) is 4.92.